The molecule has 2 aromatic heterocycles. The van der Waals surface area contributed by atoms with E-state index in [1.807, 2.05) is 0 Å². The first-order valence-electron chi connectivity index (χ1n) is 10.1. The Balaban J connectivity index is 1.58. The number of halogens is 5. The maximum Gasteiger partial charge on any atom is 0.459 e. The molecule has 0 spiro atoms. The number of fused-ring (bicyclic) bond motifs is 1. The molecule has 15 heteroatoms. The molecule has 0 bridgehead atoms. The van der Waals surface area contributed by atoms with Crippen LogP contribution >= 0.6 is 0 Å². The third-order valence-corrected chi connectivity index (χ3v) is 7.10. The number of hydrogen-bond donors (Lipinski definition) is 1. The SMILES string of the molecule is Cc1cc(C(F)(F)C(F)(F)F)n2nc(C(=O)Nc3ccc(S(=O)(=O)N4CCOCC4)cc3)cc2n1. The van der Waals surface area contributed by atoms with Gasteiger partial charge in [-0.1, -0.05) is 0 Å². The first kappa shape index (κ1) is 24.9. The van der Waals surface area contributed by atoms with Crippen LogP contribution in [0.5, 0.6) is 0 Å². The summed E-state index contributed by atoms with van der Waals surface area (Å²) in [5.41, 5.74) is -2.30. The van der Waals surface area contributed by atoms with Crippen LogP contribution < -0.4 is 5.32 Å². The number of morpholine rings is 1. The minimum atomic E-state index is -5.88. The number of ether oxygens (including phenoxy) is 1. The fourth-order valence-corrected chi connectivity index (χ4v) is 4.83. The molecule has 1 amide bonds. The van der Waals surface area contributed by atoms with Gasteiger partial charge in [0.2, 0.25) is 10.0 Å². The Morgan fingerprint density at radius 1 is 1.06 bits per heavy atom. The average Bonchev–Trinajstić information content (AvgIpc) is 3.22. The van der Waals surface area contributed by atoms with Gasteiger partial charge in [-0.25, -0.2) is 17.9 Å². The maximum atomic E-state index is 14.0. The zero-order chi connectivity index (χ0) is 25.6. The lowest BCUT2D eigenvalue weighted by atomic mass is 10.2. The third kappa shape index (κ3) is 4.70. The minimum absolute atomic E-state index is 0.0103. The van der Waals surface area contributed by atoms with Crippen molar-refractivity contribution in [1.82, 2.24) is 18.9 Å². The van der Waals surface area contributed by atoms with Gasteiger partial charge in [-0.2, -0.15) is 31.4 Å². The summed E-state index contributed by atoms with van der Waals surface area (Å²) in [4.78, 5) is 16.4. The summed E-state index contributed by atoms with van der Waals surface area (Å²) in [5.74, 6) is -6.15. The van der Waals surface area contributed by atoms with Gasteiger partial charge in [0, 0.05) is 30.5 Å². The van der Waals surface area contributed by atoms with E-state index in [1.165, 1.54) is 35.5 Å². The van der Waals surface area contributed by atoms with Gasteiger partial charge in [-0.15, -0.1) is 0 Å². The number of nitrogens with one attached hydrogen (secondary N) is 1. The summed E-state index contributed by atoms with van der Waals surface area (Å²) >= 11 is 0. The van der Waals surface area contributed by atoms with Gasteiger partial charge in [-0.3, -0.25) is 4.79 Å². The van der Waals surface area contributed by atoms with Gasteiger partial charge in [0.15, 0.2) is 11.3 Å². The van der Waals surface area contributed by atoms with Crippen molar-refractivity contribution in [2.24, 2.45) is 0 Å². The number of alkyl halides is 5. The van der Waals surface area contributed by atoms with Gasteiger partial charge in [0.05, 0.1) is 18.1 Å². The normalized spacial score (nSPS) is 15.9. The second kappa shape index (κ2) is 8.80. The van der Waals surface area contributed by atoms with Gasteiger partial charge in [0.1, 0.15) is 5.69 Å². The molecule has 0 atom stereocenters. The molecule has 0 saturated carbocycles. The van der Waals surface area contributed by atoms with Crippen LogP contribution in [0.25, 0.3) is 5.65 Å². The fourth-order valence-electron chi connectivity index (χ4n) is 3.42. The summed E-state index contributed by atoms with van der Waals surface area (Å²) in [6, 6.07) is 6.69. The Morgan fingerprint density at radius 3 is 2.29 bits per heavy atom. The van der Waals surface area contributed by atoms with E-state index in [1.54, 1.807) is 0 Å². The summed E-state index contributed by atoms with van der Waals surface area (Å²) in [5, 5.41) is 6.00. The van der Waals surface area contributed by atoms with E-state index in [4.69, 9.17) is 4.74 Å². The van der Waals surface area contributed by atoms with E-state index >= 15 is 0 Å². The molecule has 1 aliphatic rings. The Hall–Kier alpha value is -3.17. The van der Waals surface area contributed by atoms with Crippen molar-refractivity contribution in [2.75, 3.05) is 31.6 Å². The van der Waals surface area contributed by atoms with Crippen LogP contribution in [0.4, 0.5) is 27.6 Å². The molecule has 1 N–H and O–H groups in total. The Kier molecular flexibility index (Phi) is 6.27. The van der Waals surface area contributed by atoms with Gasteiger partial charge in [-0.05, 0) is 37.3 Å². The number of aromatic nitrogens is 3. The van der Waals surface area contributed by atoms with Crippen LogP contribution in [-0.4, -0.2) is 65.7 Å². The molecule has 1 aliphatic heterocycles. The first-order chi connectivity index (χ1) is 16.3. The molecule has 1 aromatic carbocycles. The second-order valence-electron chi connectivity index (χ2n) is 7.65. The fraction of sp³-hybridized carbons (Fsp3) is 0.350. The highest BCUT2D eigenvalue weighted by Crippen LogP contribution is 2.43. The lowest BCUT2D eigenvalue weighted by molar-refractivity contribution is -0.291. The van der Waals surface area contributed by atoms with E-state index in [2.05, 4.69) is 15.4 Å². The third-order valence-electron chi connectivity index (χ3n) is 5.19. The van der Waals surface area contributed by atoms with E-state index in [9.17, 15) is 35.2 Å². The quantitative estimate of drug-likeness (QED) is 0.520. The second-order valence-corrected chi connectivity index (χ2v) is 9.59. The molecule has 0 radical (unpaired) electrons. The van der Waals surface area contributed by atoms with Crippen molar-refractivity contribution < 1.29 is 39.9 Å². The summed E-state index contributed by atoms with van der Waals surface area (Å²) < 4.78 is 98.9. The monoisotopic (exact) mass is 519 g/mol. The zero-order valence-electron chi connectivity index (χ0n) is 18.0. The predicted molar refractivity (Wildman–Crippen MR) is 112 cm³/mol. The van der Waals surface area contributed by atoms with Crippen molar-refractivity contribution in [3.8, 4) is 0 Å². The molecular weight excluding hydrogens is 501 g/mol. The van der Waals surface area contributed by atoms with Crippen molar-refractivity contribution in [3.63, 3.8) is 0 Å². The number of anilines is 1. The number of rotatable bonds is 5. The number of sulfonamides is 1. The van der Waals surface area contributed by atoms with Crippen molar-refractivity contribution in [2.45, 2.75) is 23.9 Å². The Morgan fingerprint density at radius 2 is 1.69 bits per heavy atom. The van der Waals surface area contributed by atoms with E-state index in [0.29, 0.717) is 6.07 Å². The predicted octanol–water partition coefficient (Wildman–Crippen LogP) is 2.97. The van der Waals surface area contributed by atoms with Crippen LogP contribution in [-0.2, 0) is 20.7 Å². The van der Waals surface area contributed by atoms with E-state index < -0.39 is 39.4 Å². The molecule has 3 aromatic rings. The summed E-state index contributed by atoms with van der Waals surface area (Å²) in [6.45, 7) is 2.19. The number of hydrogen-bond acceptors (Lipinski definition) is 6. The first-order valence-corrected chi connectivity index (χ1v) is 11.6. The molecule has 1 saturated heterocycles. The Labute approximate surface area is 195 Å². The van der Waals surface area contributed by atoms with Crippen LogP contribution in [0, 0.1) is 6.92 Å². The van der Waals surface area contributed by atoms with E-state index in [0.717, 1.165) is 6.07 Å². The molecule has 4 rings (SSSR count). The summed E-state index contributed by atoms with van der Waals surface area (Å²) in [6.07, 6.45) is -5.88. The molecule has 3 heterocycles. The minimum Gasteiger partial charge on any atom is -0.379 e. The lowest BCUT2D eigenvalue weighted by Crippen LogP contribution is -2.40. The Bertz CT molecular complexity index is 1370. The average molecular weight is 519 g/mol. The number of carbonyl (C=O) groups is 1. The molecule has 0 aliphatic carbocycles. The largest absolute Gasteiger partial charge is 0.459 e. The molecule has 0 unspecified atom stereocenters. The smallest absolute Gasteiger partial charge is 0.379 e. The highest BCUT2D eigenvalue weighted by molar-refractivity contribution is 7.89. The van der Waals surface area contributed by atoms with Crippen LogP contribution in [0.2, 0.25) is 0 Å². The van der Waals surface area contributed by atoms with Gasteiger partial charge in [0.25, 0.3) is 5.91 Å². The van der Waals surface area contributed by atoms with Crippen LogP contribution in [0.15, 0.2) is 41.3 Å². The number of carbonyl (C=O) groups excluding carboxylic acids is 1. The summed E-state index contributed by atoms with van der Waals surface area (Å²) in [7, 11) is -3.76. The molecule has 9 nitrogen and oxygen atoms in total. The number of aryl methyl sites for hydroxylation is 1. The van der Waals surface area contributed by atoms with Crippen molar-refractivity contribution >= 4 is 27.3 Å². The van der Waals surface area contributed by atoms with E-state index in [-0.39, 0.29) is 52.7 Å². The molecular formula is C20H18F5N5O4S. The van der Waals surface area contributed by atoms with Crippen molar-refractivity contribution in [3.05, 3.63) is 53.5 Å². The van der Waals surface area contributed by atoms with Gasteiger partial charge >= 0.3 is 12.1 Å². The maximum absolute atomic E-state index is 14.0. The highest BCUT2D eigenvalue weighted by Gasteiger charge is 2.60. The molecule has 35 heavy (non-hydrogen) atoms. The van der Waals surface area contributed by atoms with Crippen LogP contribution in [0.1, 0.15) is 21.9 Å². The van der Waals surface area contributed by atoms with Crippen molar-refractivity contribution in [1.29, 1.82) is 0 Å². The molecule has 1 fully saturated rings. The van der Waals surface area contributed by atoms with Crippen LogP contribution in [0.3, 0.4) is 0 Å². The number of amides is 1. The topological polar surface area (TPSA) is 106 Å². The lowest BCUT2D eigenvalue weighted by Gasteiger charge is -2.26. The number of nitrogens with zero attached hydrogens (tertiary/aromatic N) is 4. The highest BCUT2D eigenvalue weighted by atomic mass is 32.2. The number of benzene rings is 1. The van der Waals surface area contributed by atoms with Gasteiger partial charge < -0.3 is 10.1 Å². The molecule has 188 valence electrons. The standard InChI is InChI=1S/C20H18F5N5O4S/c1-12-10-16(19(21,22)20(23,24)25)30-17(26-12)11-15(28-30)18(31)27-13-2-4-14(5-3-13)35(32,33)29-6-8-34-9-7-29/h2-5,10-11H,6-9H2,1H3,(H,27,31). The zero-order valence-corrected chi connectivity index (χ0v) is 18.8.